The van der Waals surface area contributed by atoms with Gasteiger partial charge in [-0.05, 0) is 12.8 Å². The molecule has 17 heavy (non-hydrogen) atoms. The van der Waals surface area contributed by atoms with Gasteiger partial charge < -0.3 is 9.47 Å². The zero-order valence-corrected chi connectivity index (χ0v) is 9.51. The van der Waals surface area contributed by atoms with Crippen molar-refractivity contribution in [3.63, 3.8) is 0 Å². The highest BCUT2D eigenvalue weighted by Gasteiger charge is 2.32. The van der Waals surface area contributed by atoms with Gasteiger partial charge in [-0.3, -0.25) is 9.59 Å². The number of alkyl halides is 3. The van der Waals surface area contributed by atoms with E-state index in [2.05, 4.69) is 4.74 Å². The van der Waals surface area contributed by atoms with Crippen LogP contribution in [0.15, 0.2) is 0 Å². The Hall–Kier alpha value is -1.27. The first kappa shape index (κ1) is 15.7. The van der Waals surface area contributed by atoms with E-state index in [0.29, 0.717) is 12.8 Å². The summed E-state index contributed by atoms with van der Waals surface area (Å²) < 4.78 is 44.2. The Balaban J connectivity index is 3.40. The molecule has 7 heteroatoms. The average molecular weight is 256 g/mol. The number of rotatable bonds is 7. The number of ether oxygens (including phenoxy) is 2. The molecule has 0 bridgehead atoms. The van der Waals surface area contributed by atoms with Crippen LogP contribution in [-0.4, -0.2) is 31.3 Å². The highest BCUT2D eigenvalue weighted by atomic mass is 19.4. The summed E-state index contributed by atoms with van der Waals surface area (Å²) in [5, 5.41) is 0. The van der Waals surface area contributed by atoms with Gasteiger partial charge in [0.2, 0.25) is 0 Å². The lowest BCUT2D eigenvalue weighted by Crippen LogP contribution is -2.17. The lowest BCUT2D eigenvalue weighted by Gasteiger charge is -2.07. The molecule has 0 amide bonds. The molecule has 0 aliphatic carbocycles. The van der Waals surface area contributed by atoms with E-state index in [1.165, 1.54) is 0 Å². The number of hydrogen-bond donors (Lipinski definition) is 0. The van der Waals surface area contributed by atoms with Gasteiger partial charge in [0.05, 0.1) is 13.2 Å². The SMILES string of the molecule is CCC(=O)OCCCCOC(=O)CC(F)(F)F. The maximum absolute atomic E-state index is 11.7. The van der Waals surface area contributed by atoms with Crippen molar-refractivity contribution in [3.05, 3.63) is 0 Å². The second-order valence-electron chi connectivity index (χ2n) is 3.29. The number of hydrogen-bond acceptors (Lipinski definition) is 4. The predicted octanol–water partition coefficient (Wildman–Crippen LogP) is 2.22. The molecule has 100 valence electrons. The Morgan fingerprint density at radius 1 is 1.00 bits per heavy atom. The fourth-order valence-corrected chi connectivity index (χ4v) is 0.893. The minimum Gasteiger partial charge on any atom is -0.466 e. The normalized spacial score (nSPS) is 11.1. The Bertz CT molecular complexity index is 250. The monoisotopic (exact) mass is 256 g/mol. The summed E-state index contributed by atoms with van der Waals surface area (Å²) in [4.78, 5) is 21.3. The van der Waals surface area contributed by atoms with Gasteiger partial charge in [0.25, 0.3) is 0 Å². The van der Waals surface area contributed by atoms with E-state index in [9.17, 15) is 22.8 Å². The Morgan fingerprint density at radius 2 is 1.47 bits per heavy atom. The van der Waals surface area contributed by atoms with E-state index in [1.54, 1.807) is 6.92 Å². The van der Waals surface area contributed by atoms with Gasteiger partial charge in [-0.15, -0.1) is 0 Å². The maximum Gasteiger partial charge on any atom is 0.399 e. The van der Waals surface area contributed by atoms with Crippen molar-refractivity contribution >= 4 is 11.9 Å². The molecule has 0 aromatic heterocycles. The Labute approximate surface area is 97.1 Å². The van der Waals surface area contributed by atoms with Crippen LogP contribution in [-0.2, 0) is 19.1 Å². The first-order chi connectivity index (χ1) is 7.85. The summed E-state index contributed by atoms with van der Waals surface area (Å²) in [6.45, 7) is 1.74. The van der Waals surface area contributed by atoms with Gasteiger partial charge in [-0.1, -0.05) is 6.92 Å². The summed E-state index contributed by atoms with van der Waals surface area (Å²) in [5.41, 5.74) is 0. The van der Waals surface area contributed by atoms with E-state index < -0.39 is 18.6 Å². The zero-order valence-electron chi connectivity index (χ0n) is 9.51. The summed E-state index contributed by atoms with van der Waals surface area (Å²) in [5.74, 6) is -1.62. The van der Waals surface area contributed by atoms with Crippen LogP contribution in [0, 0.1) is 0 Å². The van der Waals surface area contributed by atoms with Gasteiger partial charge in [0.1, 0.15) is 6.42 Å². The zero-order chi connectivity index (χ0) is 13.3. The molecule has 0 aliphatic heterocycles. The molecule has 0 fully saturated rings. The molecule has 0 aromatic rings. The van der Waals surface area contributed by atoms with Gasteiger partial charge >= 0.3 is 18.1 Å². The second-order valence-corrected chi connectivity index (χ2v) is 3.29. The van der Waals surface area contributed by atoms with E-state index in [0.717, 1.165) is 0 Å². The summed E-state index contributed by atoms with van der Waals surface area (Å²) in [7, 11) is 0. The fourth-order valence-electron chi connectivity index (χ4n) is 0.893. The summed E-state index contributed by atoms with van der Waals surface area (Å²) >= 11 is 0. The Kier molecular flexibility index (Phi) is 7.32. The van der Waals surface area contributed by atoms with Crippen molar-refractivity contribution in [2.45, 2.75) is 38.8 Å². The quantitative estimate of drug-likeness (QED) is 0.517. The molecule has 0 saturated carbocycles. The number of halogens is 3. The minimum absolute atomic E-state index is 0.0986. The molecule has 0 unspecified atom stereocenters. The molecular weight excluding hydrogens is 241 g/mol. The number of carbonyl (C=O) groups is 2. The summed E-state index contributed by atoms with van der Waals surface area (Å²) in [6, 6.07) is 0. The third kappa shape index (κ3) is 11.0. The van der Waals surface area contributed by atoms with Crippen molar-refractivity contribution < 1.29 is 32.2 Å². The molecule has 0 heterocycles. The summed E-state index contributed by atoms with van der Waals surface area (Å²) in [6.07, 6.45) is -5.02. The first-order valence-electron chi connectivity index (χ1n) is 5.23. The van der Waals surface area contributed by atoms with E-state index in [-0.39, 0.29) is 25.6 Å². The van der Waals surface area contributed by atoms with Crippen molar-refractivity contribution in [3.8, 4) is 0 Å². The van der Waals surface area contributed by atoms with Crippen molar-refractivity contribution in [2.75, 3.05) is 13.2 Å². The molecule has 0 radical (unpaired) electrons. The third-order valence-corrected chi connectivity index (χ3v) is 1.70. The average Bonchev–Trinajstić information content (AvgIpc) is 2.20. The third-order valence-electron chi connectivity index (χ3n) is 1.70. The largest absolute Gasteiger partial charge is 0.466 e. The first-order valence-corrected chi connectivity index (χ1v) is 5.23. The topological polar surface area (TPSA) is 52.6 Å². The lowest BCUT2D eigenvalue weighted by molar-refractivity contribution is -0.171. The van der Waals surface area contributed by atoms with Crippen LogP contribution in [0.4, 0.5) is 13.2 Å². The number of carbonyl (C=O) groups excluding carboxylic acids is 2. The van der Waals surface area contributed by atoms with Crippen molar-refractivity contribution in [1.82, 2.24) is 0 Å². The molecular formula is C10H15F3O4. The van der Waals surface area contributed by atoms with E-state index in [1.807, 2.05) is 0 Å². The van der Waals surface area contributed by atoms with Crippen LogP contribution in [0.1, 0.15) is 32.6 Å². The van der Waals surface area contributed by atoms with Gasteiger partial charge in [-0.25, -0.2) is 0 Å². The number of esters is 2. The van der Waals surface area contributed by atoms with Crippen molar-refractivity contribution in [2.24, 2.45) is 0 Å². The highest BCUT2D eigenvalue weighted by molar-refractivity contribution is 5.70. The van der Waals surface area contributed by atoms with Crippen LogP contribution in [0.25, 0.3) is 0 Å². The van der Waals surface area contributed by atoms with E-state index >= 15 is 0 Å². The highest BCUT2D eigenvalue weighted by Crippen LogP contribution is 2.19. The maximum atomic E-state index is 11.7. The van der Waals surface area contributed by atoms with Crippen LogP contribution < -0.4 is 0 Å². The fraction of sp³-hybridized carbons (Fsp3) is 0.800. The molecule has 0 aliphatic rings. The molecule has 0 spiro atoms. The van der Waals surface area contributed by atoms with Gasteiger partial charge in [-0.2, -0.15) is 13.2 Å². The van der Waals surface area contributed by atoms with Crippen LogP contribution in [0.5, 0.6) is 0 Å². The molecule has 0 saturated heterocycles. The Morgan fingerprint density at radius 3 is 1.88 bits per heavy atom. The van der Waals surface area contributed by atoms with Crippen LogP contribution >= 0.6 is 0 Å². The molecule has 0 N–H and O–H groups in total. The molecule has 4 nitrogen and oxygen atoms in total. The van der Waals surface area contributed by atoms with Gasteiger partial charge in [0, 0.05) is 6.42 Å². The lowest BCUT2D eigenvalue weighted by atomic mass is 10.3. The molecule has 0 atom stereocenters. The van der Waals surface area contributed by atoms with Crippen LogP contribution in [0.3, 0.4) is 0 Å². The van der Waals surface area contributed by atoms with Gasteiger partial charge in [0.15, 0.2) is 0 Å². The molecule has 0 rings (SSSR count). The number of unbranched alkanes of at least 4 members (excludes halogenated alkanes) is 1. The minimum atomic E-state index is -4.53. The van der Waals surface area contributed by atoms with Crippen molar-refractivity contribution in [1.29, 1.82) is 0 Å². The van der Waals surface area contributed by atoms with Crippen LogP contribution in [0.2, 0.25) is 0 Å². The molecule has 0 aromatic carbocycles. The standard InChI is InChI=1S/C10H15F3O4/c1-2-8(14)16-5-3-4-6-17-9(15)7-10(11,12)13/h2-7H2,1H3. The van der Waals surface area contributed by atoms with E-state index in [4.69, 9.17) is 4.74 Å². The second kappa shape index (κ2) is 7.92. The smallest absolute Gasteiger partial charge is 0.399 e. The predicted molar refractivity (Wildman–Crippen MR) is 52.1 cm³/mol.